The standard InChI is InChI=1S/C24H23ClN2O4S/c1-14(13-28)26-23(29)16-7-8-19(18(25)11-16)27(2)24(30)21-12-15-9-10-31-20-6-4-3-5-17(20)22(15)32-21/h3-8,11-12,14,28H,9-10,13H2,1-2H3,(H,26,29). The van der Waals surface area contributed by atoms with Gasteiger partial charge in [-0.05, 0) is 48.9 Å². The number of nitrogens with one attached hydrogen (secondary N) is 1. The highest BCUT2D eigenvalue weighted by Gasteiger charge is 2.24. The van der Waals surface area contributed by atoms with E-state index in [1.807, 2.05) is 30.3 Å². The summed E-state index contributed by atoms with van der Waals surface area (Å²) in [7, 11) is 1.67. The predicted octanol–water partition coefficient (Wildman–Crippen LogP) is 4.39. The molecule has 166 valence electrons. The maximum atomic E-state index is 13.3. The summed E-state index contributed by atoms with van der Waals surface area (Å²) in [6, 6.07) is 14.2. The molecule has 8 heteroatoms. The van der Waals surface area contributed by atoms with Crippen molar-refractivity contribution in [2.75, 3.05) is 25.2 Å². The molecule has 1 aliphatic rings. The van der Waals surface area contributed by atoms with E-state index in [0.29, 0.717) is 27.8 Å². The molecule has 1 aromatic heterocycles. The van der Waals surface area contributed by atoms with Crippen LogP contribution in [0, 0.1) is 0 Å². The first kappa shape index (κ1) is 22.3. The molecule has 32 heavy (non-hydrogen) atoms. The fourth-order valence-electron chi connectivity index (χ4n) is 3.55. The molecule has 0 bridgehead atoms. The molecule has 2 amide bonds. The largest absolute Gasteiger partial charge is 0.493 e. The van der Waals surface area contributed by atoms with Crippen LogP contribution in [0.4, 0.5) is 5.69 Å². The molecule has 0 fully saturated rings. The summed E-state index contributed by atoms with van der Waals surface area (Å²) in [4.78, 5) is 28.7. The van der Waals surface area contributed by atoms with Crippen LogP contribution in [0.5, 0.6) is 5.75 Å². The monoisotopic (exact) mass is 470 g/mol. The van der Waals surface area contributed by atoms with E-state index in [-0.39, 0.29) is 24.5 Å². The van der Waals surface area contributed by atoms with Crippen LogP contribution in [0.1, 0.15) is 32.5 Å². The molecule has 1 unspecified atom stereocenters. The molecular weight excluding hydrogens is 448 g/mol. The highest BCUT2D eigenvalue weighted by molar-refractivity contribution is 7.17. The molecule has 3 aromatic rings. The van der Waals surface area contributed by atoms with Crippen LogP contribution in [0.25, 0.3) is 10.4 Å². The molecule has 2 heterocycles. The van der Waals surface area contributed by atoms with Crippen molar-refractivity contribution >= 4 is 40.4 Å². The number of carbonyl (C=O) groups excluding carboxylic acids is 2. The van der Waals surface area contributed by atoms with Gasteiger partial charge in [-0.15, -0.1) is 11.3 Å². The maximum Gasteiger partial charge on any atom is 0.268 e. The van der Waals surface area contributed by atoms with Gasteiger partial charge in [0.05, 0.1) is 28.8 Å². The number of amides is 2. The Balaban J connectivity index is 1.59. The van der Waals surface area contributed by atoms with Gasteiger partial charge in [0.15, 0.2) is 0 Å². The van der Waals surface area contributed by atoms with Crippen molar-refractivity contribution in [2.24, 2.45) is 0 Å². The Bertz CT molecular complexity index is 1180. The number of anilines is 1. The average molecular weight is 471 g/mol. The number of para-hydroxylation sites is 1. The van der Waals surface area contributed by atoms with Gasteiger partial charge in [-0.3, -0.25) is 9.59 Å². The molecule has 1 atom stereocenters. The first-order chi connectivity index (χ1) is 15.4. The SMILES string of the molecule is CC(CO)NC(=O)c1ccc(N(C)C(=O)c2cc3c(s2)-c2ccccc2OCC3)c(Cl)c1. The van der Waals surface area contributed by atoms with Crippen LogP contribution >= 0.6 is 22.9 Å². The lowest BCUT2D eigenvalue weighted by Crippen LogP contribution is -2.35. The van der Waals surface area contributed by atoms with Crippen molar-refractivity contribution in [1.82, 2.24) is 5.32 Å². The molecule has 1 aliphatic heterocycles. The van der Waals surface area contributed by atoms with E-state index >= 15 is 0 Å². The van der Waals surface area contributed by atoms with Gasteiger partial charge in [0.2, 0.25) is 0 Å². The second-order valence-corrected chi connectivity index (χ2v) is 9.11. The van der Waals surface area contributed by atoms with Gasteiger partial charge in [0.25, 0.3) is 11.8 Å². The Labute approximate surface area is 195 Å². The van der Waals surface area contributed by atoms with Crippen molar-refractivity contribution < 1.29 is 19.4 Å². The number of rotatable bonds is 5. The van der Waals surface area contributed by atoms with Crippen molar-refractivity contribution in [2.45, 2.75) is 19.4 Å². The number of benzene rings is 2. The number of carbonyl (C=O) groups is 2. The van der Waals surface area contributed by atoms with Crippen LogP contribution in [0.2, 0.25) is 5.02 Å². The smallest absolute Gasteiger partial charge is 0.268 e. The van der Waals surface area contributed by atoms with E-state index < -0.39 is 0 Å². The average Bonchev–Trinajstić information content (AvgIpc) is 3.14. The molecule has 2 aromatic carbocycles. The highest BCUT2D eigenvalue weighted by Crippen LogP contribution is 2.41. The minimum absolute atomic E-state index is 0.157. The van der Waals surface area contributed by atoms with Crippen LogP contribution in [-0.4, -0.2) is 43.2 Å². The number of halogens is 1. The van der Waals surface area contributed by atoms with E-state index in [2.05, 4.69) is 5.32 Å². The van der Waals surface area contributed by atoms with E-state index in [1.165, 1.54) is 22.3 Å². The van der Waals surface area contributed by atoms with Gasteiger partial charge in [-0.1, -0.05) is 23.7 Å². The second-order valence-electron chi connectivity index (χ2n) is 7.65. The Morgan fingerprint density at radius 3 is 2.78 bits per heavy atom. The fraction of sp³-hybridized carbons (Fsp3) is 0.250. The summed E-state index contributed by atoms with van der Waals surface area (Å²) in [6.45, 7) is 2.11. The van der Waals surface area contributed by atoms with Gasteiger partial charge < -0.3 is 20.1 Å². The first-order valence-corrected chi connectivity index (χ1v) is 11.4. The maximum absolute atomic E-state index is 13.3. The van der Waals surface area contributed by atoms with E-state index in [0.717, 1.165) is 28.2 Å². The Kier molecular flexibility index (Phi) is 6.50. The topological polar surface area (TPSA) is 78.9 Å². The molecule has 0 spiro atoms. The Morgan fingerprint density at radius 2 is 2.03 bits per heavy atom. The minimum Gasteiger partial charge on any atom is -0.493 e. The molecule has 2 N–H and O–H groups in total. The minimum atomic E-state index is -0.366. The molecule has 0 saturated heterocycles. The lowest BCUT2D eigenvalue weighted by Gasteiger charge is -2.19. The summed E-state index contributed by atoms with van der Waals surface area (Å²) >= 11 is 7.87. The Hall–Kier alpha value is -2.87. The van der Waals surface area contributed by atoms with E-state index in [1.54, 1.807) is 26.1 Å². The van der Waals surface area contributed by atoms with Crippen molar-refractivity contribution in [1.29, 1.82) is 0 Å². The molecule has 0 aliphatic carbocycles. The number of nitrogens with zero attached hydrogens (tertiary/aromatic N) is 1. The number of aliphatic hydroxyl groups is 1. The zero-order valence-corrected chi connectivity index (χ0v) is 19.3. The van der Waals surface area contributed by atoms with E-state index in [9.17, 15) is 9.59 Å². The predicted molar refractivity (Wildman–Crippen MR) is 127 cm³/mol. The molecule has 4 rings (SSSR count). The summed E-state index contributed by atoms with van der Waals surface area (Å²) in [6.07, 6.45) is 0.730. The zero-order valence-electron chi connectivity index (χ0n) is 17.7. The van der Waals surface area contributed by atoms with Crippen molar-refractivity contribution in [3.05, 3.63) is 69.6 Å². The number of ether oxygens (including phenoxy) is 1. The third kappa shape index (κ3) is 4.37. The summed E-state index contributed by atoms with van der Waals surface area (Å²) < 4.78 is 5.83. The number of hydrogen-bond donors (Lipinski definition) is 2. The quantitative estimate of drug-likeness (QED) is 0.579. The number of fused-ring (bicyclic) bond motifs is 3. The van der Waals surface area contributed by atoms with Gasteiger partial charge >= 0.3 is 0 Å². The summed E-state index contributed by atoms with van der Waals surface area (Å²) in [5, 5.41) is 12.1. The first-order valence-electron chi connectivity index (χ1n) is 10.2. The lowest BCUT2D eigenvalue weighted by atomic mass is 10.1. The lowest BCUT2D eigenvalue weighted by molar-refractivity contribution is 0.0922. The normalized spacial score (nSPS) is 13.2. The molecule has 0 saturated carbocycles. The number of hydrogen-bond acceptors (Lipinski definition) is 5. The third-order valence-corrected chi connectivity index (χ3v) is 6.81. The van der Waals surface area contributed by atoms with Gasteiger partial charge in [-0.2, -0.15) is 0 Å². The van der Waals surface area contributed by atoms with Crippen molar-refractivity contribution in [3.8, 4) is 16.2 Å². The highest BCUT2D eigenvalue weighted by atomic mass is 35.5. The van der Waals surface area contributed by atoms with Gasteiger partial charge in [0, 0.05) is 35.5 Å². The summed E-state index contributed by atoms with van der Waals surface area (Å²) in [5.41, 5.74) is 2.96. The zero-order chi connectivity index (χ0) is 22.8. The van der Waals surface area contributed by atoms with Crippen molar-refractivity contribution in [3.63, 3.8) is 0 Å². The van der Waals surface area contributed by atoms with Crippen LogP contribution < -0.4 is 15.0 Å². The molecular formula is C24H23ClN2O4S. The van der Waals surface area contributed by atoms with E-state index in [4.69, 9.17) is 21.4 Å². The van der Waals surface area contributed by atoms with Gasteiger partial charge in [0.1, 0.15) is 5.75 Å². The van der Waals surface area contributed by atoms with Gasteiger partial charge in [-0.25, -0.2) is 0 Å². The van der Waals surface area contributed by atoms with Crippen LogP contribution in [0.15, 0.2) is 48.5 Å². The number of thiophene rings is 1. The van der Waals surface area contributed by atoms with Crippen LogP contribution in [0.3, 0.4) is 0 Å². The van der Waals surface area contributed by atoms with Crippen LogP contribution in [-0.2, 0) is 6.42 Å². The molecule has 0 radical (unpaired) electrons. The molecule has 6 nitrogen and oxygen atoms in total. The second kappa shape index (κ2) is 9.32. The Morgan fingerprint density at radius 1 is 1.25 bits per heavy atom. The summed E-state index contributed by atoms with van der Waals surface area (Å²) in [5.74, 6) is 0.319. The number of aliphatic hydroxyl groups excluding tert-OH is 1. The third-order valence-electron chi connectivity index (χ3n) is 5.31. The fourth-order valence-corrected chi connectivity index (χ4v) is 5.07.